The highest BCUT2D eigenvalue weighted by atomic mass is 35.5. The van der Waals surface area contributed by atoms with E-state index >= 15 is 0 Å². The molecule has 1 aromatic carbocycles. The number of hydrogen-bond acceptors (Lipinski definition) is 3. The molecule has 0 atom stereocenters. The molecule has 1 amide bonds. The van der Waals surface area contributed by atoms with Gasteiger partial charge in [0.1, 0.15) is 0 Å². The summed E-state index contributed by atoms with van der Waals surface area (Å²) in [7, 11) is 1.91. The maximum atomic E-state index is 12.1. The summed E-state index contributed by atoms with van der Waals surface area (Å²) >= 11 is 5.97. The molecule has 0 spiro atoms. The fourth-order valence-corrected chi connectivity index (χ4v) is 2.97. The van der Waals surface area contributed by atoms with Crippen LogP contribution in [0.15, 0.2) is 24.4 Å². The minimum Gasteiger partial charge on any atom is -0.352 e. The zero-order chi connectivity index (χ0) is 17.3. The number of nitrogens with one attached hydrogen (secondary N) is 1. The van der Waals surface area contributed by atoms with E-state index in [9.17, 15) is 4.79 Å². The zero-order valence-electron chi connectivity index (χ0n) is 14.0. The van der Waals surface area contributed by atoms with Gasteiger partial charge in [-0.15, -0.1) is 0 Å². The SMILES string of the molecule is Cc1nn(C)c(C)c1CNC(=O)CCn1ncc2cc(Cl)ccc21. The van der Waals surface area contributed by atoms with Crippen LogP contribution in [0, 0.1) is 13.8 Å². The first-order chi connectivity index (χ1) is 11.5. The summed E-state index contributed by atoms with van der Waals surface area (Å²) in [5.41, 5.74) is 4.07. The van der Waals surface area contributed by atoms with Gasteiger partial charge < -0.3 is 5.32 Å². The van der Waals surface area contributed by atoms with Gasteiger partial charge in [0.2, 0.25) is 5.91 Å². The van der Waals surface area contributed by atoms with Gasteiger partial charge in [0.25, 0.3) is 0 Å². The van der Waals surface area contributed by atoms with Gasteiger partial charge in [-0.2, -0.15) is 10.2 Å². The molecule has 0 fully saturated rings. The van der Waals surface area contributed by atoms with Gasteiger partial charge in [-0.25, -0.2) is 0 Å². The van der Waals surface area contributed by atoms with Crippen LogP contribution in [-0.2, 0) is 24.9 Å². The van der Waals surface area contributed by atoms with Gasteiger partial charge in [0.05, 0.1) is 24.0 Å². The van der Waals surface area contributed by atoms with E-state index in [1.54, 1.807) is 6.20 Å². The maximum Gasteiger partial charge on any atom is 0.222 e. The Morgan fingerprint density at radius 1 is 1.33 bits per heavy atom. The standard InChI is InChI=1S/C17H20ClN5O/c1-11-15(12(2)22(3)21-11)10-19-17(24)6-7-23-16-5-4-14(18)8-13(16)9-20-23/h4-5,8-9H,6-7,10H2,1-3H3,(H,19,24). The van der Waals surface area contributed by atoms with Crippen LogP contribution >= 0.6 is 11.6 Å². The summed E-state index contributed by atoms with van der Waals surface area (Å²) < 4.78 is 3.66. The van der Waals surface area contributed by atoms with Crippen LogP contribution in [0.25, 0.3) is 10.9 Å². The number of aryl methyl sites for hydroxylation is 3. The normalized spacial score (nSPS) is 11.2. The van der Waals surface area contributed by atoms with E-state index in [0.29, 0.717) is 24.5 Å². The van der Waals surface area contributed by atoms with Crippen LogP contribution in [0.5, 0.6) is 0 Å². The van der Waals surface area contributed by atoms with Gasteiger partial charge >= 0.3 is 0 Å². The maximum absolute atomic E-state index is 12.1. The van der Waals surface area contributed by atoms with Crippen molar-refractivity contribution in [2.45, 2.75) is 33.4 Å². The lowest BCUT2D eigenvalue weighted by molar-refractivity contribution is -0.121. The molecular formula is C17H20ClN5O. The Bertz CT molecular complexity index is 896. The summed E-state index contributed by atoms with van der Waals surface area (Å²) in [5, 5.41) is 13.3. The number of fused-ring (bicyclic) bond motifs is 1. The third-order valence-corrected chi connectivity index (χ3v) is 4.51. The van der Waals surface area contributed by atoms with Crippen molar-refractivity contribution in [3.05, 3.63) is 46.4 Å². The highest BCUT2D eigenvalue weighted by Gasteiger charge is 2.11. The summed E-state index contributed by atoms with van der Waals surface area (Å²) in [6.07, 6.45) is 2.14. The quantitative estimate of drug-likeness (QED) is 0.773. The number of carbonyl (C=O) groups excluding carboxylic acids is 1. The molecule has 1 N–H and O–H groups in total. The van der Waals surface area contributed by atoms with E-state index in [1.165, 1.54) is 0 Å². The first kappa shape index (κ1) is 16.5. The van der Waals surface area contributed by atoms with Gasteiger partial charge in [-0.1, -0.05) is 11.6 Å². The third kappa shape index (κ3) is 3.28. The summed E-state index contributed by atoms with van der Waals surface area (Å²) in [5.74, 6) is -0.00438. The first-order valence-electron chi connectivity index (χ1n) is 7.82. The molecule has 0 aliphatic heterocycles. The van der Waals surface area contributed by atoms with Crippen LogP contribution in [0.3, 0.4) is 0 Å². The molecule has 0 aliphatic carbocycles. The predicted molar refractivity (Wildman–Crippen MR) is 93.9 cm³/mol. The van der Waals surface area contributed by atoms with Crippen molar-refractivity contribution in [2.75, 3.05) is 0 Å². The molecule has 2 aromatic heterocycles. The predicted octanol–water partition coefficient (Wildman–Crippen LogP) is 2.75. The summed E-state index contributed by atoms with van der Waals surface area (Å²) in [6.45, 7) is 4.99. The monoisotopic (exact) mass is 345 g/mol. The molecule has 0 aliphatic rings. The van der Waals surface area contributed by atoms with Crippen LogP contribution in [-0.4, -0.2) is 25.5 Å². The van der Waals surface area contributed by atoms with E-state index in [2.05, 4.69) is 15.5 Å². The molecule has 126 valence electrons. The Kier molecular flexibility index (Phi) is 4.57. The number of aromatic nitrogens is 4. The smallest absolute Gasteiger partial charge is 0.222 e. The van der Waals surface area contributed by atoms with Gasteiger partial charge in [-0.3, -0.25) is 14.2 Å². The van der Waals surface area contributed by atoms with Crippen LogP contribution in [0.4, 0.5) is 0 Å². The Labute approximate surface area is 145 Å². The second-order valence-electron chi connectivity index (χ2n) is 5.87. The Balaban J connectivity index is 1.59. The topological polar surface area (TPSA) is 64.7 Å². The molecular weight excluding hydrogens is 326 g/mol. The van der Waals surface area contributed by atoms with Crippen molar-refractivity contribution in [2.24, 2.45) is 7.05 Å². The first-order valence-corrected chi connectivity index (χ1v) is 8.20. The van der Waals surface area contributed by atoms with Crippen molar-refractivity contribution in [3.63, 3.8) is 0 Å². The van der Waals surface area contributed by atoms with Crippen molar-refractivity contribution in [3.8, 4) is 0 Å². The Hall–Kier alpha value is -2.34. The van der Waals surface area contributed by atoms with E-state index in [1.807, 2.05) is 48.5 Å². The minimum atomic E-state index is -0.00438. The number of halogens is 1. The largest absolute Gasteiger partial charge is 0.352 e. The fraction of sp³-hybridized carbons (Fsp3) is 0.353. The van der Waals surface area contributed by atoms with Crippen molar-refractivity contribution in [1.82, 2.24) is 24.9 Å². The molecule has 2 heterocycles. The molecule has 7 heteroatoms. The third-order valence-electron chi connectivity index (χ3n) is 4.28. The molecule has 24 heavy (non-hydrogen) atoms. The number of hydrogen-bond donors (Lipinski definition) is 1. The highest BCUT2D eigenvalue weighted by molar-refractivity contribution is 6.31. The van der Waals surface area contributed by atoms with Gasteiger partial charge in [-0.05, 0) is 32.0 Å². The molecule has 0 bridgehead atoms. The minimum absolute atomic E-state index is 0.00438. The van der Waals surface area contributed by atoms with E-state index in [-0.39, 0.29) is 5.91 Å². The average molecular weight is 346 g/mol. The molecule has 0 saturated heterocycles. The Morgan fingerprint density at radius 3 is 2.83 bits per heavy atom. The van der Waals surface area contributed by atoms with Crippen LogP contribution < -0.4 is 5.32 Å². The average Bonchev–Trinajstić information content (AvgIpc) is 3.04. The molecule has 0 radical (unpaired) electrons. The number of nitrogens with zero attached hydrogens (tertiary/aromatic N) is 4. The second kappa shape index (κ2) is 6.65. The lowest BCUT2D eigenvalue weighted by atomic mass is 10.2. The van der Waals surface area contributed by atoms with E-state index in [0.717, 1.165) is 27.9 Å². The second-order valence-corrected chi connectivity index (χ2v) is 6.31. The fourth-order valence-electron chi connectivity index (χ4n) is 2.79. The van der Waals surface area contributed by atoms with Crippen molar-refractivity contribution < 1.29 is 4.79 Å². The lowest BCUT2D eigenvalue weighted by Crippen LogP contribution is -2.24. The van der Waals surface area contributed by atoms with Gasteiger partial charge in [0.15, 0.2) is 0 Å². The highest BCUT2D eigenvalue weighted by Crippen LogP contribution is 2.19. The van der Waals surface area contributed by atoms with Crippen molar-refractivity contribution in [1.29, 1.82) is 0 Å². The Morgan fingerprint density at radius 2 is 2.12 bits per heavy atom. The number of carbonyl (C=O) groups is 1. The molecule has 3 aromatic rings. The summed E-state index contributed by atoms with van der Waals surface area (Å²) in [4.78, 5) is 12.1. The lowest BCUT2D eigenvalue weighted by Gasteiger charge is -2.07. The molecule has 6 nitrogen and oxygen atoms in total. The van der Waals surface area contributed by atoms with E-state index < -0.39 is 0 Å². The van der Waals surface area contributed by atoms with Crippen LogP contribution in [0.1, 0.15) is 23.4 Å². The molecule has 0 saturated carbocycles. The number of amides is 1. The van der Waals surface area contributed by atoms with Crippen LogP contribution in [0.2, 0.25) is 5.02 Å². The summed E-state index contributed by atoms with van der Waals surface area (Å²) in [6, 6.07) is 5.62. The van der Waals surface area contributed by atoms with E-state index in [4.69, 9.17) is 11.6 Å². The van der Waals surface area contributed by atoms with Gasteiger partial charge in [0, 0.05) is 41.7 Å². The molecule has 0 unspecified atom stereocenters. The molecule has 3 rings (SSSR count). The zero-order valence-corrected chi connectivity index (χ0v) is 14.8. The number of benzene rings is 1. The van der Waals surface area contributed by atoms with Crippen molar-refractivity contribution >= 4 is 28.4 Å². The number of rotatable bonds is 5.